The highest BCUT2D eigenvalue weighted by molar-refractivity contribution is 5.83. The maximum absolute atomic E-state index is 2.33. The highest BCUT2D eigenvalue weighted by atomic mass is 15.3. The molecule has 0 atom stereocenters. The molecule has 0 aromatic heterocycles. The topological polar surface area (TPSA) is 0 Å². The minimum atomic E-state index is 0.872. The maximum Gasteiger partial charge on any atom is 0.140 e. The van der Waals surface area contributed by atoms with E-state index in [0.717, 1.165) is 4.48 Å². The maximum atomic E-state index is 2.33. The van der Waals surface area contributed by atoms with Gasteiger partial charge in [0, 0.05) is 11.6 Å². The third-order valence-corrected chi connectivity index (χ3v) is 4.66. The van der Waals surface area contributed by atoms with Crippen molar-refractivity contribution in [1.82, 2.24) is 4.48 Å². The Bertz CT molecular complexity index is 662. The number of rotatable bonds is 1. The predicted molar refractivity (Wildman–Crippen MR) is 92.8 cm³/mol. The first-order valence-corrected chi connectivity index (χ1v) is 8.01. The minimum absolute atomic E-state index is 0.872. The summed E-state index contributed by atoms with van der Waals surface area (Å²) < 4.78 is 0.872. The molecule has 0 spiro atoms. The molecular weight excluding hydrogens is 254 g/mol. The van der Waals surface area contributed by atoms with Crippen molar-refractivity contribution in [3.8, 4) is 11.1 Å². The first kappa shape index (κ1) is 14.3. The van der Waals surface area contributed by atoms with Gasteiger partial charge in [-0.15, -0.1) is 0 Å². The van der Waals surface area contributed by atoms with Gasteiger partial charge in [0.15, 0.2) is 0 Å². The lowest BCUT2D eigenvalue weighted by Crippen LogP contribution is -2.35. The molecule has 0 bridgehead atoms. The lowest BCUT2D eigenvalue weighted by Gasteiger charge is -2.30. The van der Waals surface area contributed by atoms with E-state index in [2.05, 4.69) is 64.5 Å². The van der Waals surface area contributed by atoms with Crippen LogP contribution < -0.4 is 4.48 Å². The van der Waals surface area contributed by atoms with E-state index in [1.807, 2.05) is 0 Å². The van der Waals surface area contributed by atoms with Crippen LogP contribution >= 0.6 is 0 Å². The largest absolute Gasteiger partial charge is 0.298 e. The van der Waals surface area contributed by atoms with E-state index in [1.165, 1.54) is 53.6 Å². The molecule has 0 radical (unpaired) electrons. The Morgan fingerprint density at radius 3 is 2.33 bits per heavy atom. The lowest BCUT2D eigenvalue weighted by molar-refractivity contribution is 0.487. The van der Waals surface area contributed by atoms with Gasteiger partial charge in [-0.3, -0.25) is 4.48 Å². The van der Waals surface area contributed by atoms with E-state index in [9.17, 15) is 0 Å². The van der Waals surface area contributed by atoms with Gasteiger partial charge in [-0.1, -0.05) is 30.3 Å². The van der Waals surface area contributed by atoms with Crippen LogP contribution in [-0.4, -0.2) is 21.1 Å². The Labute approximate surface area is 128 Å². The summed E-state index contributed by atoms with van der Waals surface area (Å²) in [6.45, 7) is 2.27. The van der Waals surface area contributed by atoms with Gasteiger partial charge in [0.05, 0.1) is 21.1 Å². The van der Waals surface area contributed by atoms with Crippen LogP contribution in [0.2, 0.25) is 0 Å². The van der Waals surface area contributed by atoms with Crippen LogP contribution in [-0.2, 0) is 12.8 Å². The highest BCUT2D eigenvalue weighted by Gasteiger charge is 2.25. The van der Waals surface area contributed by atoms with Gasteiger partial charge in [0.2, 0.25) is 0 Å². The quantitative estimate of drug-likeness (QED) is 0.662. The van der Waals surface area contributed by atoms with E-state index in [0.29, 0.717) is 0 Å². The summed E-state index contributed by atoms with van der Waals surface area (Å²) in [6.07, 6.45) is 5.01. The zero-order chi connectivity index (χ0) is 15.0. The molecule has 2 aromatic rings. The van der Waals surface area contributed by atoms with Crippen LogP contribution in [0, 0.1) is 6.92 Å². The summed E-state index contributed by atoms with van der Waals surface area (Å²) >= 11 is 0. The molecule has 1 nitrogen and oxygen atoms in total. The van der Waals surface area contributed by atoms with Crippen LogP contribution in [0.25, 0.3) is 11.1 Å². The molecule has 0 saturated carbocycles. The summed E-state index contributed by atoms with van der Waals surface area (Å²) in [6, 6.07) is 13.6. The highest BCUT2D eigenvalue weighted by Crippen LogP contribution is 2.41. The zero-order valence-corrected chi connectivity index (χ0v) is 13.7. The monoisotopic (exact) mass is 280 g/mol. The number of hydrogen-bond donors (Lipinski definition) is 0. The second-order valence-corrected chi connectivity index (χ2v) is 7.13. The fraction of sp³-hybridized carbons (Fsp3) is 0.400. The summed E-state index contributed by atoms with van der Waals surface area (Å²) in [5.74, 6) is 0. The second-order valence-electron chi connectivity index (χ2n) is 7.13. The summed E-state index contributed by atoms with van der Waals surface area (Å²) in [7, 11) is 6.81. The minimum Gasteiger partial charge on any atom is -0.298 e. The third kappa shape index (κ3) is 2.63. The van der Waals surface area contributed by atoms with E-state index in [1.54, 1.807) is 5.56 Å². The Morgan fingerprint density at radius 2 is 1.57 bits per heavy atom. The fourth-order valence-corrected chi connectivity index (χ4v) is 3.52. The smallest absolute Gasteiger partial charge is 0.140 e. The summed E-state index contributed by atoms with van der Waals surface area (Å²) in [5.41, 5.74) is 8.91. The average Bonchev–Trinajstić information content (AvgIpc) is 2.41. The molecule has 0 saturated heterocycles. The first-order valence-electron chi connectivity index (χ1n) is 8.01. The van der Waals surface area contributed by atoms with Gasteiger partial charge < -0.3 is 0 Å². The Balaban J connectivity index is 2.36. The van der Waals surface area contributed by atoms with Crippen LogP contribution in [0.3, 0.4) is 0 Å². The van der Waals surface area contributed by atoms with Crippen molar-refractivity contribution >= 4 is 5.69 Å². The van der Waals surface area contributed by atoms with Crippen molar-refractivity contribution < 1.29 is 0 Å². The molecule has 1 aliphatic rings. The van der Waals surface area contributed by atoms with Gasteiger partial charge in [-0.05, 0) is 54.9 Å². The third-order valence-electron chi connectivity index (χ3n) is 4.66. The van der Waals surface area contributed by atoms with Gasteiger partial charge >= 0.3 is 0 Å². The van der Waals surface area contributed by atoms with Gasteiger partial charge in [-0.2, -0.15) is 0 Å². The molecule has 21 heavy (non-hydrogen) atoms. The van der Waals surface area contributed by atoms with Gasteiger partial charge in [-0.25, -0.2) is 0 Å². The molecule has 0 fully saturated rings. The fourth-order valence-electron chi connectivity index (χ4n) is 3.52. The molecule has 2 aromatic carbocycles. The first-order chi connectivity index (χ1) is 9.98. The number of aryl methyl sites for hydroxylation is 2. The summed E-state index contributed by atoms with van der Waals surface area (Å²) in [5, 5.41) is 0. The molecule has 0 amide bonds. The Hall–Kier alpha value is -1.60. The SMILES string of the molecule is Cc1ccc([N+](C)(C)C)c2c1CCCCc1ccccc1-2. The van der Waals surface area contributed by atoms with Crippen molar-refractivity contribution in [2.24, 2.45) is 0 Å². The average molecular weight is 280 g/mol. The van der Waals surface area contributed by atoms with Gasteiger partial charge in [0.1, 0.15) is 5.69 Å². The van der Waals surface area contributed by atoms with Crippen LogP contribution in [0.5, 0.6) is 0 Å². The standard InChI is InChI=1S/C20H26N/c1-15-13-14-19(21(2,3)4)20-17(15)11-7-5-9-16-10-6-8-12-18(16)20/h6,8,10,12-14H,5,7,9,11H2,1-4H3/q+1. The number of nitrogens with zero attached hydrogens (tertiary/aromatic N) is 1. The Morgan fingerprint density at radius 1 is 0.857 bits per heavy atom. The molecule has 110 valence electrons. The summed E-state index contributed by atoms with van der Waals surface area (Å²) in [4.78, 5) is 0. The lowest BCUT2D eigenvalue weighted by atomic mass is 9.84. The molecule has 3 rings (SSSR count). The van der Waals surface area contributed by atoms with Crippen molar-refractivity contribution in [3.63, 3.8) is 0 Å². The van der Waals surface area contributed by atoms with Crippen LogP contribution in [0.15, 0.2) is 36.4 Å². The van der Waals surface area contributed by atoms with E-state index in [4.69, 9.17) is 0 Å². The van der Waals surface area contributed by atoms with Gasteiger partial charge in [0.25, 0.3) is 0 Å². The zero-order valence-electron chi connectivity index (χ0n) is 13.7. The normalized spacial score (nSPS) is 14.9. The number of hydrogen-bond acceptors (Lipinski definition) is 0. The van der Waals surface area contributed by atoms with Crippen LogP contribution in [0.4, 0.5) is 5.69 Å². The number of fused-ring (bicyclic) bond motifs is 3. The predicted octanol–water partition coefficient (Wildman–Crippen LogP) is 4.74. The molecule has 0 unspecified atom stereocenters. The van der Waals surface area contributed by atoms with Crippen molar-refractivity contribution in [2.45, 2.75) is 32.6 Å². The van der Waals surface area contributed by atoms with Crippen molar-refractivity contribution in [1.29, 1.82) is 0 Å². The van der Waals surface area contributed by atoms with E-state index < -0.39 is 0 Å². The Kier molecular flexibility index (Phi) is 3.62. The van der Waals surface area contributed by atoms with Crippen molar-refractivity contribution in [2.75, 3.05) is 21.1 Å². The van der Waals surface area contributed by atoms with Crippen molar-refractivity contribution in [3.05, 3.63) is 53.1 Å². The molecule has 1 aliphatic carbocycles. The number of quaternary nitrogens is 1. The molecule has 0 heterocycles. The molecule has 0 N–H and O–H groups in total. The molecule has 0 aliphatic heterocycles. The molecule has 1 heteroatoms. The van der Waals surface area contributed by atoms with Crippen LogP contribution in [0.1, 0.15) is 29.5 Å². The number of benzene rings is 2. The second kappa shape index (κ2) is 5.31. The molecular formula is C20H26N+. The van der Waals surface area contributed by atoms with E-state index in [-0.39, 0.29) is 0 Å². The van der Waals surface area contributed by atoms with E-state index >= 15 is 0 Å².